The third-order valence-electron chi connectivity index (χ3n) is 6.08. The molecule has 0 radical (unpaired) electrons. The van der Waals surface area contributed by atoms with E-state index in [-0.39, 0.29) is 5.91 Å². The van der Waals surface area contributed by atoms with Gasteiger partial charge < -0.3 is 14.6 Å². The summed E-state index contributed by atoms with van der Waals surface area (Å²) in [4.78, 5) is 15.0. The molecule has 1 aromatic heterocycles. The maximum Gasteiger partial charge on any atom is 0.256 e. The van der Waals surface area contributed by atoms with Gasteiger partial charge >= 0.3 is 0 Å². The highest BCUT2D eigenvalue weighted by atomic mass is 32.3. The number of nitrogens with one attached hydrogen (secondary N) is 1. The third-order valence-corrected chi connectivity index (χ3v) is 8.05. The first-order valence-electron chi connectivity index (χ1n) is 10.6. The van der Waals surface area contributed by atoms with Crippen LogP contribution in [0.4, 0.5) is 5.69 Å². The van der Waals surface area contributed by atoms with E-state index in [0.717, 1.165) is 61.9 Å². The van der Waals surface area contributed by atoms with Gasteiger partial charge in [-0.05, 0) is 42.3 Å². The highest BCUT2D eigenvalue weighted by molar-refractivity contribution is 8.22. The lowest BCUT2D eigenvalue weighted by molar-refractivity contribution is -0.110. The number of aromatic nitrogens is 1. The van der Waals surface area contributed by atoms with Crippen molar-refractivity contribution in [3.05, 3.63) is 53.3 Å². The molecule has 0 aliphatic carbocycles. The number of rotatable bonds is 5. The van der Waals surface area contributed by atoms with E-state index in [0.29, 0.717) is 24.4 Å². The first-order valence-corrected chi connectivity index (χ1v) is 12.3. The number of carbonyl (C=O) groups is 1. The van der Waals surface area contributed by atoms with Crippen LogP contribution in [-0.2, 0) is 22.7 Å². The lowest BCUT2D eigenvalue weighted by atomic mass is 10.0. The average molecular weight is 445 g/mol. The largest absolute Gasteiger partial charge is 0.379 e. The minimum atomic E-state index is -2.67. The topological polar surface area (TPSA) is 90.2 Å². The zero-order chi connectivity index (χ0) is 21.4. The lowest BCUT2D eigenvalue weighted by Crippen LogP contribution is -2.37. The molecule has 2 fully saturated rings. The Morgan fingerprint density at radius 1 is 1.16 bits per heavy atom. The summed E-state index contributed by atoms with van der Waals surface area (Å²) in [7, 11) is -2.67. The summed E-state index contributed by atoms with van der Waals surface area (Å²) in [6.07, 6.45) is 4.76. The van der Waals surface area contributed by atoms with Gasteiger partial charge in [0.05, 0.1) is 31.2 Å². The molecule has 0 bridgehead atoms. The second-order valence-corrected chi connectivity index (χ2v) is 10.4. The lowest BCUT2D eigenvalue weighted by Gasteiger charge is -2.36. The molecule has 3 aliphatic rings. The summed E-state index contributed by atoms with van der Waals surface area (Å²) >= 11 is 0. The van der Waals surface area contributed by atoms with Crippen molar-refractivity contribution in [1.82, 2.24) is 13.8 Å². The van der Waals surface area contributed by atoms with Gasteiger partial charge in [-0.3, -0.25) is 18.8 Å². The van der Waals surface area contributed by atoms with E-state index in [1.807, 2.05) is 42.6 Å². The van der Waals surface area contributed by atoms with Crippen molar-refractivity contribution in [2.75, 3.05) is 43.9 Å². The molecule has 3 aliphatic heterocycles. The van der Waals surface area contributed by atoms with Crippen LogP contribution in [-0.4, -0.2) is 67.4 Å². The van der Waals surface area contributed by atoms with Crippen LogP contribution in [0.1, 0.15) is 23.2 Å². The number of carbonyl (C=O) groups excluding carboxylic acids is 1. The van der Waals surface area contributed by atoms with Crippen molar-refractivity contribution in [2.24, 2.45) is 0 Å². The van der Waals surface area contributed by atoms with Crippen molar-refractivity contribution in [1.29, 1.82) is 0 Å². The average Bonchev–Trinajstić information content (AvgIpc) is 3.42. The van der Waals surface area contributed by atoms with Gasteiger partial charge in [-0.15, -0.1) is 10.8 Å². The van der Waals surface area contributed by atoms with E-state index < -0.39 is 10.8 Å². The highest BCUT2D eigenvalue weighted by Crippen LogP contribution is 2.49. The third kappa shape index (κ3) is 4.30. The van der Waals surface area contributed by atoms with Gasteiger partial charge in [0.15, 0.2) is 0 Å². The summed E-state index contributed by atoms with van der Waals surface area (Å²) in [5, 5.41) is 2.95. The summed E-state index contributed by atoms with van der Waals surface area (Å²) in [6.45, 7) is 5.19. The van der Waals surface area contributed by atoms with E-state index in [1.54, 1.807) is 4.31 Å². The van der Waals surface area contributed by atoms with Crippen LogP contribution in [0.2, 0.25) is 0 Å². The number of nitrogens with zero attached hydrogens (tertiary/aromatic N) is 3. The van der Waals surface area contributed by atoms with Crippen LogP contribution >= 0.6 is 10.8 Å². The Hall–Kier alpha value is -2.14. The molecule has 166 valence electrons. The summed E-state index contributed by atoms with van der Waals surface area (Å²) < 4.78 is 29.7. The smallest absolute Gasteiger partial charge is 0.256 e. The van der Waals surface area contributed by atoms with Gasteiger partial charge in [0.1, 0.15) is 0 Å². The molecular weight excluding hydrogens is 416 g/mol. The fourth-order valence-electron chi connectivity index (χ4n) is 4.37. The Kier molecular flexibility index (Phi) is 5.63. The molecule has 0 spiro atoms. The van der Waals surface area contributed by atoms with Gasteiger partial charge in [-0.2, -0.15) is 0 Å². The molecule has 1 amide bonds. The van der Waals surface area contributed by atoms with Crippen molar-refractivity contribution in [3.63, 3.8) is 0 Å². The maximum absolute atomic E-state index is 12.7. The van der Waals surface area contributed by atoms with Crippen LogP contribution < -0.4 is 5.32 Å². The summed E-state index contributed by atoms with van der Waals surface area (Å²) in [6, 6.07) is 9.84. The van der Waals surface area contributed by atoms with Gasteiger partial charge in [-0.25, -0.2) is 4.31 Å². The molecule has 0 atom stereocenters. The Morgan fingerprint density at radius 3 is 2.77 bits per heavy atom. The fourth-order valence-corrected chi connectivity index (χ4v) is 5.92. The number of hydrogen-bond donors (Lipinski definition) is 3. The second kappa shape index (κ2) is 8.42. The van der Waals surface area contributed by atoms with Gasteiger partial charge in [0.25, 0.3) is 5.91 Å². The summed E-state index contributed by atoms with van der Waals surface area (Å²) in [5.41, 5.74) is 4.22. The first kappa shape index (κ1) is 20.7. The molecule has 0 saturated carbocycles. The highest BCUT2D eigenvalue weighted by Gasteiger charge is 2.30. The molecule has 2 saturated heterocycles. The summed E-state index contributed by atoms with van der Waals surface area (Å²) in [5.74, 6) is 0.320. The van der Waals surface area contributed by atoms with Crippen LogP contribution in [0.15, 0.2) is 36.5 Å². The molecule has 3 N–H and O–H groups in total. The number of hydrogen-bond acceptors (Lipinski definition) is 6. The van der Waals surface area contributed by atoms with Crippen LogP contribution in [0.25, 0.3) is 11.6 Å². The maximum atomic E-state index is 12.7. The van der Waals surface area contributed by atoms with Crippen LogP contribution in [0.5, 0.6) is 0 Å². The molecule has 8 nitrogen and oxygen atoms in total. The normalized spacial score (nSPS) is 23.8. The molecule has 4 heterocycles. The molecular formula is C22H28N4O4S. The molecule has 1 aromatic carbocycles. The minimum Gasteiger partial charge on any atom is -0.379 e. The fraction of sp³-hybridized carbons (Fsp3) is 0.409. The van der Waals surface area contributed by atoms with Crippen molar-refractivity contribution in [3.8, 4) is 0 Å². The molecule has 9 heteroatoms. The zero-order valence-corrected chi connectivity index (χ0v) is 18.2. The Morgan fingerprint density at radius 2 is 2.00 bits per heavy atom. The molecule has 2 aromatic rings. The van der Waals surface area contributed by atoms with E-state index in [4.69, 9.17) is 4.74 Å². The van der Waals surface area contributed by atoms with E-state index in [2.05, 4.69) is 14.8 Å². The Labute approximate surface area is 183 Å². The predicted octanol–water partition coefficient (Wildman–Crippen LogP) is 3.14. The van der Waals surface area contributed by atoms with Gasteiger partial charge in [-0.1, -0.05) is 6.07 Å². The number of fused-ring (bicyclic) bond motifs is 1. The Balaban J connectivity index is 1.40. The minimum absolute atomic E-state index is 0.114. The van der Waals surface area contributed by atoms with E-state index in [9.17, 15) is 13.9 Å². The number of anilines is 1. The van der Waals surface area contributed by atoms with Gasteiger partial charge in [0.2, 0.25) is 0 Å². The zero-order valence-electron chi connectivity index (χ0n) is 17.4. The predicted molar refractivity (Wildman–Crippen MR) is 123 cm³/mol. The van der Waals surface area contributed by atoms with Gasteiger partial charge in [0, 0.05) is 49.3 Å². The van der Waals surface area contributed by atoms with Crippen LogP contribution in [0.3, 0.4) is 0 Å². The van der Waals surface area contributed by atoms with Crippen molar-refractivity contribution >= 4 is 34.0 Å². The number of morpholine rings is 1. The quantitative estimate of drug-likeness (QED) is 0.614. The van der Waals surface area contributed by atoms with E-state index in [1.165, 1.54) is 0 Å². The number of amides is 1. The van der Waals surface area contributed by atoms with Crippen molar-refractivity contribution in [2.45, 2.75) is 19.6 Å². The number of benzene rings is 1. The molecule has 31 heavy (non-hydrogen) atoms. The second-order valence-electron chi connectivity index (χ2n) is 8.22. The monoisotopic (exact) mass is 444 g/mol. The van der Waals surface area contributed by atoms with Crippen LogP contribution in [0, 0.1) is 0 Å². The molecule has 0 unspecified atom stereocenters. The standard InChI is InChI=1S/C22H28N4O4S/c27-22-20(14-18-3-1-6-25(18)16-24-8-10-30-11-9-24)19-13-17(4-5-21(19)23-22)15-26-7-2-12-31(26,28)29/h1,3-6,13-14,28-29H,2,7-12,15-16H2,(H,23,27)/b20-14+. The Bertz CT molecular complexity index is 1010. The molecule has 5 rings (SSSR count). The number of ether oxygens (including phenoxy) is 1. The van der Waals surface area contributed by atoms with Crippen molar-refractivity contribution < 1.29 is 18.6 Å². The van der Waals surface area contributed by atoms with E-state index >= 15 is 0 Å². The SMILES string of the molecule is O=C1Nc2ccc(CN3CCCS3(O)O)cc2/C1=C\c1cccn1CN1CCOCC1. The first-order chi connectivity index (χ1) is 15.0.